The van der Waals surface area contributed by atoms with Gasteiger partial charge in [-0.25, -0.2) is 0 Å². The summed E-state index contributed by atoms with van der Waals surface area (Å²) in [6.45, 7) is 1.08. The molecule has 1 N–H and O–H groups in total. The highest BCUT2D eigenvalue weighted by Gasteiger charge is 1.95. The third-order valence-electron chi connectivity index (χ3n) is 1.75. The maximum Gasteiger partial charge on any atom is 0.300 e. The Hall–Kier alpha value is -2.53. The Morgan fingerprint density at radius 2 is 1.16 bits per heavy atom. The van der Waals surface area contributed by atoms with Crippen molar-refractivity contribution in [3.63, 3.8) is 0 Å². The molecular weight excluding hydrogens is 248 g/mol. The van der Waals surface area contributed by atoms with Crippen molar-refractivity contribution >= 4 is 5.97 Å². The van der Waals surface area contributed by atoms with E-state index in [0.717, 1.165) is 6.92 Å². The molecule has 0 saturated carbocycles. The molecule has 5 nitrogen and oxygen atoms in total. The highest BCUT2D eigenvalue weighted by Crippen LogP contribution is 2.12. The van der Waals surface area contributed by atoms with Gasteiger partial charge in [-0.15, -0.1) is 0 Å². The van der Waals surface area contributed by atoms with Crippen LogP contribution in [0.15, 0.2) is 60.7 Å². The quantitative estimate of drug-likeness (QED) is 0.677. The maximum atomic E-state index is 9.00. The molecule has 2 aromatic rings. The zero-order valence-corrected chi connectivity index (χ0v) is 10.4. The van der Waals surface area contributed by atoms with Gasteiger partial charge in [0.2, 0.25) is 0 Å². The Kier molecular flexibility index (Phi) is 6.53. The summed E-state index contributed by atoms with van der Waals surface area (Å²) in [5.41, 5.74) is 0. The van der Waals surface area contributed by atoms with Crippen molar-refractivity contribution < 1.29 is 24.7 Å². The number of rotatable bonds is 4. The second-order valence-corrected chi connectivity index (χ2v) is 3.38. The fourth-order valence-corrected chi connectivity index (χ4v) is 1.05. The lowest BCUT2D eigenvalue weighted by Crippen LogP contribution is -2.01. The number of carboxylic acid groups (broad SMARTS) is 1. The fraction of sp³-hybridized carbons (Fsp3) is 0.0714. The molecule has 0 unspecified atom stereocenters. The molecule has 0 radical (unpaired) electrons. The van der Waals surface area contributed by atoms with E-state index in [4.69, 9.17) is 19.7 Å². The van der Waals surface area contributed by atoms with Crippen molar-refractivity contribution in [2.24, 2.45) is 0 Å². The SMILES string of the molecule is CC(=O)O.c1ccc(OOOc2ccccc2)cc1. The van der Waals surface area contributed by atoms with E-state index in [2.05, 4.69) is 5.04 Å². The summed E-state index contributed by atoms with van der Waals surface area (Å²) in [4.78, 5) is 18.8. The highest BCUT2D eigenvalue weighted by atomic mass is 17.5. The maximum absolute atomic E-state index is 9.00. The fourth-order valence-electron chi connectivity index (χ4n) is 1.05. The Balaban J connectivity index is 0.000000399. The van der Waals surface area contributed by atoms with Crippen LogP contribution in [0.2, 0.25) is 0 Å². The van der Waals surface area contributed by atoms with Crippen LogP contribution in [0.1, 0.15) is 6.92 Å². The second-order valence-electron chi connectivity index (χ2n) is 3.38. The smallest absolute Gasteiger partial charge is 0.300 e. The Labute approximate surface area is 110 Å². The molecule has 0 atom stereocenters. The molecule has 0 aliphatic heterocycles. The van der Waals surface area contributed by atoms with Crippen molar-refractivity contribution in [1.29, 1.82) is 0 Å². The van der Waals surface area contributed by atoms with Gasteiger partial charge in [-0.2, -0.15) is 0 Å². The zero-order chi connectivity index (χ0) is 13.9. The van der Waals surface area contributed by atoms with Crippen LogP contribution in [0.3, 0.4) is 0 Å². The van der Waals surface area contributed by atoms with E-state index in [1.165, 1.54) is 0 Å². The first kappa shape index (κ1) is 14.5. The summed E-state index contributed by atoms with van der Waals surface area (Å²) in [5, 5.41) is 12.0. The van der Waals surface area contributed by atoms with Crippen LogP contribution in [0, 0.1) is 0 Å². The molecule has 0 aromatic heterocycles. The Bertz CT molecular complexity index is 426. The molecule has 0 bridgehead atoms. The van der Waals surface area contributed by atoms with Gasteiger partial charge in [-0.05, 0) is 24.3 Å². The molecule has 2 aromatic carbocycles. The van der Waals surface area contributed by atoms with Crippen molar-refractivity contribution in [2.45, 2.75) is 6.92 Å². The first-order valence-corrected chi connectivity index (χ1v) is 5.49. The minimum absolute atomic E-state index is 0.591. The van der Waals surface area contributed by atoms with Crippen LogP contribution in [0.5, 0.6) is 11.5 Å². The van der Waals surface area contributed by atoms with E-state index in [0.29, 0.717) is 11.5 Å². The lowest BCUT2D eigenvalue weighted by atomic mass is 10.3. The van der Waals surface area contributed by atoms with Gasteiger partial charge in [0, 0.05) is 12.0 Å². The van der Waals surface area contributed by atoms with Crippen LogP contribution in [-0.2, 0) is 9.83 Å². The molecule has 0 aliphatic rings. The van der Waals surface area contributed by atoms with Crippen LogP contribution < -0.4 is 9.78 Å². The summed E-state index contributed by atoms with van der Waals surface area (Å²) >= 11 is 0. The first-order chi connectivity index (χ1) is 9.18. The zero-order valence-electron chi connectivity index (χ0n) is 10.4. The van der Waals surface area contributed by atoms with Crippen LogP contribution >= 0.6 is 0 Å². The largest absolute Gasteiger partial charge is 0.481 e. The van der Waals surface area contributed by atoms with E-state index < -0.39 is 5.97 Å². The van der Waals surface area contributed by atoms with E-state index in [-0.39, 0.29) is 0 Å². The molecular formula is C14H14O5. The molecule has 100 valence electrons. The predicted molar refractivity (Wildman–Crippen MR) is 68.5 cm³/mol. The van der Waals surface area contributed by atoms with Crippen LogP contribution in [-0.4, -0.2) is 11.1 Å². The summed E-state index contributed by atoms with van der Waals surface area (Å²) in [6, 6.07) is 18.3. The van der Waals surface area contributed by atoms with E-state index in [9.17, 15) is 0 Å². The monoisotopic (exact) mass is 262 g/mol. The first-order valence-electron chi connectivity index (χ1n) is 5.49. The van der Waals surface area contributed by atoms with Gasteiger partial charge in [-0.3, -0.25) is 14.6 Å². The van der Waals surface area contributed by atoms with Gasteiger partial charge in [0.25, 0.3) is 5.97 Å². The summed E-state index contributed by atoms with van der Waals surface area (Å²) in [7, 11) is 0. The molecule has 19 heavy (non-hydrogen) atoms. The van der Waals surface area contributed by atoms with Gasteiger partial charge in [0.05, 0.1) is 0 Å². The number of para-hydroxylation sites is 2. The van der Waals surface area contributed by atoms with E-state index in [1.807, 2.05) is 36.4 Å². The second kappa shape index (κ2) is 8.54. The molecule has 0 amide bonds. The number of hydrogen-bond donors (Lipinski definition) is 1. The normalized spacial score (nSPS) is 8.89. The lowest BCUT2D eigenvalue weighted by Gasteiger charge is -2.03. The number of carboxylic acids is 1. The number of benzene rings is 2. The van der Waals surface area contributed by atoms with Crippen molar-refractivity contribution in [2.75, 3.05) is 0 Å². The van der Waals surface area contributed by atoms with Crippen LogP contribution in [0.4, 0.5) is 0 Å². The number of aliphatic carboxylic acids is 1. The van der Waals surface area contributed by atoms with E-state index >= 15 is 0 Å². The number of hydrogen-bond acceptors (Lipinski definition) is 4. The van der Waals surface area contributed by atoms with Crippen molar-refractivity contribution in [3.05, 3.63) is 60.7 Å². The summed E-state index contributed by atoms with van der Waals surface area (Å²) in [5.74, 6) is 0.349. The van der Waals surface area contributed by atoms with Gasteiger partial charge in [-0.1, -0.05) is 36.4 Å². The summed E-state index contributed by atoms with van der Waals surface area (Å²) in [6.07, 6.45) is 0. The van der Waals surface area contributed by atoms with Gasteiger partial charge in [0.15, 0.2) is 11.5 Å². The Morgan fingerprint density at radius 3 is 1.47 bits per heavy atom. The molecule has 0 aliphatic carbocycles. The van der Waals surface area contributed by atoms with Gasteiger partial charge >= 0.3 is 0 Å². The molecule has 0 fully saturated rings. The van der Waals surface area contributed by atoms with Crippen LogP contribution in [0.25, 0.3) is 0 Å². The third-order valence-corrected chi connectivity index (χ3v) is 1.75. The van der Waals surface area contributed by atoms with Gasteiger partial charge < -0.3 is 5.11 Å². The van der Waals surface area contributed by atoms with E-state index in [1.54, 1.807) is 24.3 Å². The lowest BCUT2D eigenvalue weighted by molar-refractivity contribution is -0.411. The molecule has 0 spiro atoms. The molecule has 0 heterocycles. The Morgan fingerprint density at radius 1 is 0.842 bits per heavy atom. The molecule has 0 saturated heterocycles. The summed E-state index contributed by atoms with van der Waals surface area (Å²) < 4.78 is 0. The minimum Gasteiger partial charge on any atom is -0.481 e. The number of carbonyl (C=O) groups is 1. The predicted octanol–water partition coefficient (Wildman–Crippen LogP) is 3.08. The molecule has 2 rings (SSSR count). The minimum atomic E-state index is -0.833. The van der Waals surface area contributed by atoms with Crippen molar-refractivity contribution in [3.8, 4) is 11.5 Å². The average molecular weight is 262 g/mol. The molecule has 5 heteroatoms. The average Bonchev–Trinajstić information content (AvgIpc) is 2.41. The topological polar surface area (TPSA) is 65.0 Å². The van der Waals surface area contributed by atoms with Crippen molar-refractivity contribution in [1.82, 2.24) is 0 Å². The third kappa shape index (κ3) is 7.40. The van der Waals surface area contributed by atoms with Gasteiger partial charge in [0.1, 0.15) is 0 Å². The highest BCUT2D eigenvalue weighted by molar-refractivity contribution is 5.62. The standard InChI is InChI=1S/C12H10O3.C2H4O2/c1-3-7-11(8-4-1)13-15-14-12-9-5-2-6-10-12;1-2(3)4/h1-10H;1H3,(H,3,4).